The lowest BCUT2D eigenvalue weighted by atomic mass is 9.88. The summed E-state index contributed by atoms with van der Waals surface area (Å²) in [4.78, 5) is 13.5. The molecule has 0 saturated heterocycles. The molecule has 0 radical (unpaired) electrons. The van der Waals surface area contributed by atoms with Crippen molar-refractivity contribution in [3.63, 3.8) is 0 Å². The van der Waals surface area contributed by atoms with E-state index in [-0.39, 0.29) is 11.3 Å². The zero-order valence-corrected chi connectivity index (χ0v) is 13.8. The summed E-state index contributed by atoms with van der Waals surface area (Å²) < 4.78 is 0. The first-order valence-corrected chi connectivity index (χ1v) is 7.26. The van der Waals surface area contributed by atoms with Crippen molar-refractivity contribution in [2.75, 3.05) is 26.0 Å². The van der Waals surface area contributed by atoms with E-state index in [1.54, 1.807) is 32.3 Å². The van der Waals surface area contributed by atoms with Gasteiger partial charge >= 0.3 is 0 Å². The van der Waals surface area contributed by atoms with E-state index in [0.29, 0.717) is 23.6 Å². The Balaban J connectivity index is 2.82. The van der Waals surface area contributed by atoms with Gasteiger partial charge in [-0.3, -0.25) is 4.79 Å². The number of carbonyl (C=O) groups is 1. The van der Waals surface area contributed by atoms with Gasteiger partial charge < -0.3 is 10.2 Å². The number of nitrogens with zero attached hydrogens (tertiary/aromatic N) is 2. The fourth-order valence-electron chi connectivity index (χ4n) is 1.87. The average Bonchev–Trinajstić information content (AvgIpc) is 2.43. The van der Waals surface area contributed by atoms with Crippen LogP contribution in [0.4, 0.5) is 5.69 Å². The molecule has 1 N–H and O–H groups in total. The number of hydrogen-bond acceptors (Lipinski definition) is 3. The molecular weight excluding hydrogens is 286 g/mol. The van der Waals surface area contributed by atoms with Crippen molar-refractivity contribution in [2.45, 2.75) is 26.7 Å². The summed E-state index contributed by atoms with van der Waals surface area (Å²) in [5, 5.41) is 12.5. The zero-order valence-electron chi connectivity index (χ0n) is 13.0. The van der Waals surface area contributed by atoms with Gasteiger partial charge in [0.1, 0.15) is 0 Å². The normalized spacial score (nSPS) is 10.9. The minimum absolute atomic E-state index is 0.0133. The van der Waals surface area contributed by atoms with Gasteiger partial charge in [-0.1, -0.05) is 25.4 Å². The van der Waals surface area contributed by atoms with Gasteiger partial charge in [0.15, 0.2) is 0 Å². The Morgan fingerprint density at radius 2 is 2.10 bits per heavy atom. The van der Waals surface area contributed by atoms with Gasteiger partial charge in [-0.25, -0.2) is 0 Å². The van der Waals surface area contributed by atoms with E-state index in [0.717, 1.165) is 12.1 Å². The Morgan fingerprint density at radius 1 is 1.43 bits per heavy atom. The fourth-order valence-corrected chi connectivity index (χ4v) is 2.05. The molecule has 1 rings (SSSR count). The fraction of sp³-hybridized carbons (Fsp3) is 0.500. The lowest BCUT2D eigenvalue weighted by Gasteiger charge is -2.25. The van der Waals surface area contributed by atoms with Gasteiger partial charge in [-0.05, 0) is 30.0 Å². The standard InChI is InChI=1S/C16H22ClN3O/c1-16(2,8-5-9-18)11-19-14-10-12(6-7-13(14)17)15(21)20(3)4/h6-7,10,19H,5,8,11H2,1-4H3. The van der Waals surface area contributed by atoms with Gasteiger partial charge in [0, 0.05) is 32.6 Å². The predicted molar refractivity (Wildman–Crippen MR) is 86.6 cm³/mol. The van der Waals surface area contributed by atoms with Crippen LogP contribution in [-0.2, 0) is 0 Å². The lowest BCUT2D eigenvalue weighted by Crippen LogP contribution is -2.24. The summed E-state index contributed by atoms with van der Waals surface area (Å²) in [6.45, 7) is 4.88. The summed E-state index contributed by atoms with van der Waals surface area (Å²) in [6, 6.07) is 7.38. The van der Waals surface area contributed by atoms with Crippen molar-refractivity contribution in [1.29, 1.82) is 5.26 Å². The molecule has 1 amide bonds. The Morgan fingerprint density at radius 3 is 2.67 bits per heavy atom. The molecule has 1 aromatic rings. The molecule has 0 unspecified atom stereocenters. The van der Waals surface area contributed by atoms with E-state index in [1.165, 1.54) is 4.90 Å². The highest BCUT2D eigenvalue weighted by Gasteiger charge is 2.18. The molecule has 114 valence electrons. The highest BCUT2D eigenvalue weighted by atomic mass is 35.5. The summed E-state index contributed by atoms with van der Waals surface area (Å²) in [5.41, 5.74) is 1.33. The molecule has 4 nitrogen and oxygen atoms in total. The van der Waals surface area contributed by atoms with Gasteiger partial charge in [0.25, 0.3) is 5.91 Å². The third-order valence-corrected chi connectivity index (χ3v) is 3.62. The first kappa shape index (κ1) is 17.3. The molecule has 1 aromatic carbocycles. The molecule has 0 aliphatic rings. The van der Waals surface area contributed by atoms with E-state index in [2.05, 4.69) is 25.2 Å². The average molecular weight is 308 g/mol. The molecule has 0 fully saturated rings. The van der Waals surface area contributed by atoms with Crippen LogP contribution in [0.5, 0.6) is 0 Å². The van der Waals surface area contributed by atoms with E-state index in [9.17, 15) is 4.79 Å². The van der Waals surface area contributed by atoms with Crippen LogP contribution in [0.2, 0.25) is 5.02 Å². The number of amides is 1. The first-order chi connectivity index (χ1) is 9.76. The summed E-state index contributed by atoms with van der Waals surface area (Å²) in [7, 11) is 3.43. The van der Waals surface area contributed by atoms with Gasteiger partial charge in [-0.15, -0.1) is 0 Å². The second-order valence-electron chi connectivity index (χ2n) is 6.07. The minimum atomic E-state index is -0.0570. The van der Waals surface area contributed by atoms with Crippen LogP contribution in [0.25, 0.3) is 0 Å². The third kappa shape index (κ3) is 5.28. The quantitative estimate of drug-likeness (QED) is 0.870. The number of nitriles is 1. The van der Waals surface area contributed by atoms with E-state index >= 15 is 0 Å². The number of benzene rings is 1. The largest absolute Gasteiger partial charge is 0.383 e. The van der Waals surface area contributed by atoms with Crippen molar-refractivity contribution in [1.82, 2.24) is 4.90 Å². The summed E-state index contributed by atoms with van der Waals surface area (Å²) >= 11 is 6.17. The van der Waals surface area contributed by atoms with E-state index < -0.39 is 0 Å². The van der Waals surface area contributed by atoms with Gasteiger partial charge in [-0.2, -0.15) is 5.26 Å². The van der Waals surface area contributed by atoms with Crippen molar-refractivity contribution in [3.05, 3.63) is 28.8 Å². The topological polar surface area (TPSA) is 56.1 Å². The van der Waals surface area contributed by atoms with Crippen LogP contribution in [0.3, 0.4) is 0 Å². The molecule has 0 aliphatic heterocycles. The molecule has 21 heavy (non-hydrogen) atoms. The van der Waals surface area contributed by atoms with Crippen molar-refractivity contribution >= 4 is 23.2 Å². The Bertz CT molecular complexity index is 547. The maximum atomic E-state index is 12.0. The number of rotatable bonds is 6. The zero-order chi connectivity index (χ0) is 16.0. The Hall–Kier alpha value is -1.73. The smallest absolute Gasteiger partial charge is 0.253 e. The van der Waals surface area contributed by atoms with Crippen LogP contribution in [0.15, 0.2) is 18.2 Å². The third-order valence-electron chi connectivity index (χ3n) is 3.29. The highest BCUT2D eigenvalue weighted by Crippen LogP contribution is 2.27. The van der Waals surface area contributed by atoms with Crippen LogP contribution in [0.1, 0.15) is 37.0 Å². The molecule has 5 heteroatoms. The number of carbonyl (C=O) groups excluding carboxylic acids is 1. The number of halogens is 1. The van der Waals surface area contributed by atoms with Crippen LogP contribution in [0, 0.1) is 16.7 Å². The maximum absolute atomic E-state index is 12.0. The Labute approximate surface area is 131 Å². The molecule has 0 spiro atoms. The molecule has 0 aliphatic carbocycles. The van der Waals surface area contributed by atoms with E-state index in [1.807, 2.05) is 0 Å². The molecule has 0 aromatic heterocycles. The minimum Gasteiger partial charge on any atom is -0.383 e. The molecule has 0 bridgehead atoms. The van der Waals surface area contributed by atoms with Crippen LogP contribution >= 0.6 is 11.6 Å². The van der Waals surface area contributed by atoms with E-state index in [4.69, 9.17) is 16.9 Å². The molecule has 0 atom stereocenters. The van der Waals surface area contributed by atoms with Gasteiger partial charge in [0.05, 0.1) is 16.8 Å². The predicted octanol–water partition coefficient (Wildman–Crippen LogP) is 3.78. The molecule has 0 heterocycles. The van der Waals surface area contributed by atoms with Gasteiger partial charge in [0.2, 0.25) is 0 Å². The monoisotopic (exact) mass is 307 g/mol. The van der Waals surface area contributed by atoms with Crippen molar-refractivity contribution in [2.24, 2.45) is 5.41 Å². The maximum Gasteiger partial charge on any atom is 0.253 e. The Kier molecular flexibility index (Phi) is 6.04. The van der Waals surface area contributed by atoms with Crippen molar-refractivity contribution < 1.29 is 4.79 Å². The number of hydrogen-bond donors (Lipinski definition) is 1. The number of anilines is 1. The summed E-state index contributed by atoms with van der Waals surface area (Å²) in [5.74, 6) is -0.0570. The lowest BCUT2D eigenvalue weighted by molar-refractivity contribution is 0.0827. The first-order valence-electron chi connectivity index (χ1n) is 6.89. The summed E-state index contributed by atoms with van der Waals surface area (Å²) in [6.07, 6.45) is 1.34. The highest BCUT2D eigenvalue weighted by molar-refractivity contribution is 6.33. The molecular formula is C16H22ClN3O. The second kappa shape index (κ2) is 7.33. The molecule has 0 saturated carbocycles. The van der Waals surface area contributed by atoms with Crippen LogP contribution in [-0.4, -0.2) is 31.4 Å². The second-order valence-corrected chi connectivity index (χ2v) is 6.48. The number of nitrogens with one attached hydrogen (secondary N) is 1. The van der Waals surface area contributed by atoms with Crippen LogP contribution < -0.4 is 5.32 Å². The van der Waals surface area contributed by atoms with Crippen molar-refractivity contribution in [3.8, 4) is 6.07 Å². The SMILES string of the molecule is CN(C)C(=O)c1ccc(Cl)c(NCC(C)(C)CCC#N)c1.